The van der Waals surface area contributed by atoms with Crippen molar-refractivity contribution >= 4 is 17.3 Å². The summed E-state index contributed by atoms with van der Waals surface area (Å²) < 4.78 is 5.09. The number of anilines is 1. The Hall–Kier alpha value is -1.95. The van der Waals surface area contributed by atoms with Crippen molar-refractivity contribution in [3.05, 3.63) is 33.9 Å². The first-order chi connectivity index (χ1) is 8.54. The van der Waals surface area contributed by atoms with E-state index in [1.807, 2.05) is 6.92 Å². The van der Waals surface area contributed by atoms with Crippen LogP contribution in [0.25, 0.3) is 0 Å². The minimum atomic E-state index is -0.453. The van der Waals surface area contributed by atoms with Gasteiger partial charge in [-0.2, -0.15) is 0 Å². The average molecular weight is 252 g/mol. The lowest BCUT2D eigenvalue weighted by Gasteiger charge is -2.06. The van der Waals surface area contributed by atoms with E-state index in [2.05, 4.69) is 5.32 Å². The van der Waals surface area contributed by atoms with Crippen LogP contribution in [0.2, 0.25) is 0 Å². The minimum Gasteiger partial charge on any atom is -0.372 e. The predicted molar refractivity (Wildman–Crippen MR) is 67.6 cm³/mol. The number of hydrogen-bond donors (Lipinski definition) is 1. The maximum atomic E-state index is 11.4. The molecule has 0 unspecified atom stereocenters. The molecular weight excluding hydrogens is 236 g/mol. The van der Waals surface area contributed by atoms with E-state index in [1.54, 1.807) is 13.0 Å². The summed E-state index contributed by atoms with van der Waals surface area (Å²) in [7, 11) is 0. The first-order valence-electron chi connectivity index (χ1n) is 5.67. The number of nitro groups is 1. The van der Waals surface area contributed by atoms with Gasteiger partial charge in [0.2, 0.25) is 5.91 Å². The Bertz CT molecular complexity index is 446. The van der Waals surface area contributed by atoms with Crippen LogP contribution in [0.1, 0.15) is 18.9 Å². The van der Waals surface area contributed by atoms with E-state index in [0.29, 0.717) is 17.9 Å². The Kier molecular flexibility index (Phi) is 5.26. The zero-order valence-electron chi connectivity index (χ0n) is 10.4. The number of carbonyl (C=O) groups is 1. The Morgan fingerprint density at radius 3 is 2.78 bits per heavy atom. The molecule has 18 heavy (non-hydrogen) atoms. The topological polar surface area (TPSA) is 81.5 Å². The highest BCUT2D eigenvalue weighted by atomic mass is 16.6. The lowest BCUT2D eigenvalue weighted by Crippen LogP contribution is -2.18. The molecule has 0 aliphatic rings. The number of benzene rings is 1. The molecule has 1 rings (SSSR count). The van der Waals surface area contributed by atoms with Gasteiger partial charge in [0.05, 0.1) is 4.92 Å². The van der Waals surface area contributed by atoms with Crippen molar-refractivity contribution in [1.82, 2.24) is 0 Å². The molecule has 0 radical (unpaired) electrons. The van der Waals surface area contributed by atoms with E-state index in [9.17, 15) is 14.9 Å². The molecule has 0 aromatic heterocycles. The zero-order valence-corrected chi connectivity index (χ0v) is 10.4. The van der Waals surface area contributed by atoms with E-state index >= 15 is 0 Å². The van der Waals surface area contributed by atoms with Crippen LogP contribution in [-0.2, 0) is 9.53 Å². The van der Waals surface area contributed by atoms with E-state index in [-0.39, 0.29) is 18.2 Å². The van der Waals surface area contributed by atoms with Crippen LogP contribution in [-0.4, -0.2) is 24.0 Å². The first kappa shape index (κ1) is 14.1. The van der Waals surface area contributed by atoms with Crippen LogP contribution in [0.3, 0.4) is 0 Å². The molecule has 0 fully saturated rings. The summed E-state index contributed by atoms with van der Waals surface area (Å²) in [5.41, 5.74) is 1.07. The van der Waals surface area contributed by atoms with Crippen molar-refractivity contribution < 1.29 is 14.5 Å². The van der Waals surface area contributed by atoms with E-state index in [4.69, 9.17) is 4.74 Å². The molecule has 1 amide bonds. The molecule has 0 heterocycles. The van der Waals surface area contributed by atoms with Gasteiger partial charge in [0.1, 0.15) is 6.61 Å². The molecule has 1 aromatic carbocycles. The number of carbonyl (C=O) groups excluding carboxylic acids is 1. The number of rotatable bonds is 6. The van der Waals surface area contributed by atoms with Crippen molar-refractivity contribution in [2.45, 2.75) is 20.3 Å². The molecular formula is C12H16N2O4. The lowest BCUT2D eigenvalue weighted by molar-refractivity contribution is -0.385. The Balaban J connectivity index is 2.60. The highest BCUT2D eigenvalue weighted by Gasteiger charge is 2.11. The van der Waals surface area contributed by atoms with Crippen LogP contribution in [0.4, 0.5) is 11.4 Å². The van der Waals surface area contributed by atoms with Crippen molar-refractivity contribution in [3.8, 4) is 0 Å². The number of aryl methyl sites for hydroxylation is 1. The summed E-state index contributed by atoms with van der Waals surface area (Å²) in [4.78, 5) is 21.6. The first-order valence-corrected chi connectivity index (χ1v) is 5.67. The van der Waals surface area contributed by atoms with Gasteiger partial charge >= 0.3 is 0 Å². The monoisotopic (exact) mass is 252 g/mol. The third-order valence-electron chi connectivity index (χ3n) is 2.26. The second-order valence-electron chi connectivity index (χ2n) is 3.86. The SMILES string of the molecule is CCCOCC(=O)Nc1ccc([N+](=O)[O-])c(C)c1. The molecule has 6 nitrogen and oxygen atoms in total. The Labute approximate surface area is 105 Å². The number of nitro benzene ring substituents is 1. The number of ether oxygens (including phenoxy) is 1. The molecule has 0 aliphatic carbocycles. The van der Waals surface area contributed by atoms with Crippen molar-refractivity contribution in [2.24, 2.45) is 0 Å². The average Bonchev–Trinajstić information content (AvgIpc) is 2.28. The fourth-order valence-corrected chi connectivity index (χ4v) is 1.44. The second kappa shape index (κ2) is 6.70. The van der Waals surface area contributed by atoms with Crippen LogP contribution in [0.5, 0.6) is 0 Å². The zero-order chi connectivity index (χ0) is 13.5. The fraction of sp³-hybridized carbons (Fsp3) is 0.417. The van der Waals surface area contributed by atoms with Gasteiger partial charge in [-0.25, -0.2) is 0 Å². The molecule has 98 valence electrons. The Morgan fingerprint density at radius 2 is 2.22 bits per heavy atom. The highest BCUT2D eigenvalue weighted by molar-refractivity contribution is 5.91. The molecule has 0 spiro atoms. The van der Waals surface area contributed by atoms with Crippen LogP contribution in [0, 0.1) is 17.0 Å². The van der Waals surface area contributed by atoms with Crippen LogP contribution < -0.4 is 5.32 Å². The van der Waals surface area contributed by atoms with Gasteiger partial charge < -0.3 is 10.1 Å². The van der Waals surface area contributed by atoms with Crippen LogP contribution in [0.15, 0.2) is 18.2 Å². The highest BCUT2D eigenvalue weighted by Crippen LogP contribution is 2.21. The van der Waals surface area contributed by atoms with Gasteiger partial charge in [0, 0.05) is 23.9 Å². The molecule has 0 saturated heterocycles. The maximum absolute atomic E-state index is 11.4. The normalized spacial score (nSPS) is 10.1. The molecule has 0 saturated carbocycles. The molecule has 0 bridgehead atoms. The number of hydrogen-bond acceptors (Lipinski definition) is 4. The second-order valence-corrected chi connectivity index (χ2v) is 3.86. The van der Waals surface area contributed by atoms with E-state index in [0.717, 1.165) is 6.42 Å². The van der Waals surface area contributed by atoms with E-state index in [1.165, 1.54) is 12.1 Å². The summed E-state index contributed by atoms with van der Waals surface area (Å²) >= 11 is 0. The third kappa shape index (κ3) is 4.14. The van der Waals surface area contributed by atoms with Crippen molar-refractivity contribution in [2.75, 3.05) is 18.5 Å². The number of nitrogens with zero attached hydrogens (tertiary/aromatic N) is 1. The summed E-state index contributed by atoms with van der Waals surface area (Å²) in [6.07, 6.45) is 0.851. The molecule has 0 aliphatic heterocycles. The standard InChI is InChI=1S/C12H16N2O4/c1-3-6-18-8-12(15)13-10-4-5-11(14(16)17)9(2)7-10/h4-5,7H,3,6,8H2,1-2H3,(H,13,15). The summed E-state index contributed by atoms with van der Waals surface area (Å²) in [5.74, 6) is -0.267. The largest absolute Gasteiger partial charge is 0.372 e. The van der Waals surface area contributed by atoms with Crippen molar-refractivity contribution in [1.29, 1.82) is 0 Å². The molecule has 1 N–H and O–H groups in total. The number of amides is 1. The molecule has 0 atom stereocenters. The summed E-state index contributed by atoms with van der Waals surface area (Å²) in [6, 6.07) is 4.44. The van der Waals surface area contributed by atoms with Gasteiger partial charge in [-0.15, -0.1) is 0 Å². The quantitative estimate of drug-likeness (QED) is 0.478. The molecule has 6 heteroatoms. The van der Waals surface area contributed by atoms with Crippen LogP contribution >= 0.6 is 0 Å². The number of nitrogens with one attached hydrogen (secondary N) is 1. The third-order valence-corrected chi connectivity index (χ3v) is 2.26. The van der Waals surface area contributed by atoms with Gasteiger partial charge in [-0.1, -0.05) is 6.92 Å². The maximum Gasteiger partial charge on any atom is 0.272 e. The summed E-state index contributed by atoms with van der Waals surface area (Å²) in [6.45, 7) is 4.11. The minimum absolute atomic E-state index is 0.0100. The van der Waals surface area contributed by atoms with Gasteiger partial charge in [-0.3, -0.25) is 14.9 Å². The van der Waals surface area contributed by atoms with Gasteiger partial charge in [0.25, 0.3) is 5.69 Å². The molecule has 1 aromatic rings. The lowest BCUT2D eigenvalue weighted by atomic mass is 10.2. The van der Waals surface area contributed by atoms with E-state index < -0.39 is 4.92 Å². The van der Waals surface area contributed by atoms with Gasteiger partial charge in [0.15, 0.2) is 0 Å². The van der Waals surface area contributed by atoms with Crippen molar-refractivity contribution in [3.63, 3.8) is 0 Å². The fourth-order valence-electron chi connectivity index (χ4n) is 1.44. The predicted octanol–water partition coefficient (Wildman–Crippen LogP) is 2.27. The summed E-state index contributed by atoms with van der Waals surface area (Å²) in [5, 5.41) is 13.2. The van der Waals surface area contributed by atoms with Gasteiger partial charge in [-0.05, 0) is 25.5 Å². The Morgan fingerprint density at radius 1 is 1.50 bits per heavy atom. The smallest absolute Gasteiger partial charge is 0.272 e.